The SMILES string of the molecule is C=C(I)N=c1c2cccc(C)c2c2ccccc2n1C. The van der Waals surface area contributed by atoms with Gasteiger partial charge in [-0.2, -0.15) is 0 Å². The van der Waals surface area contributed by atoms with E-state index >= 15 is 0 Å². The highest BCUT2D eigenvalue weighted by atomic mass is 127. The van der Waals surface area contributed by atoms with E-state index in [1.54, 1.807) is 0 Å². The van der Waals surface area contributed by atoms with Gasteiger partial charge in [0, 0.05) is 23.3 Å². The number of aromatic nitrogens is 1. The summed E-state index contributed by atoms with van der Waals surface area (Å²) in [5.41, 5.74) is 3.42. The average molecular weight is 374 g/mol. The quantitative estimate of drug-likeness (QED) is 0.340. The number of nitrogens with zero attached hydrogens (tertiary/aromatic N) is 2. The maximum absolute atomic E-state index is 4.63. The van der Waals surface area contributed by atoms with Crippen molar-refractivity contribution in [2.24, 2.45) is 12.0 Å². The third kappa shape index (κ3) is 2.06. The van der Waals surface area contributed by atoms with Gasteiger partial charge in [-0.15, -0.1) is 0 Å². The molecule has 0 N–H and O–H groups in total. The van der Waals surface area contributed by atoms with Gasteiger partial charge in [-0.05, 0) is 46.5 Å². The summed E-state index contributed by atoms with van der Waals surface area (Å²) in [7, 11) is 2.06. The lowest BCUT2D eigenvalue weighted by molar-refractivity contribution is 0.888. The van der Waals surface area contributed by atoms with Crippen LogP contribution in [0, 0.1) is 6.92 Å². The molecule has 0 saturated heterocycles. The molecule has 0 unspecified atom stereocenters. The van der Waals surface area contributed by atoms with E-state index in [1.165, 1.54) is 27.2 Å². The first kappa shape index (κ1) is 13.4. The summed E-state index contributed by atoms with van der Waals surface area (Å²) in [5.74, 6) is 0. The molecule has 0 aliphatic heterocycles. The summed E-state index contributed by atoms with van der Waals surface area (Å²) < 4.78 is 2.93. The molecule has 1 aromatic heterocycles. The number of benzene rings is 2. The number of aryl methyl sites for hydroxylation is 2. The van der Waals surface area contributed by atoms with Crippen molar-refractivity contribution in [1.82, 2.24) is 4.57 Å². The standard InChI is InChI=1S/C17H15IN2/c1-11-7-6-9-14-16(11)13-8-4-5-10-15(13)20(3)17(14)19-12(2)18/h4-10H,2H2,1,3H3. The van der Waals surface area contributed by atoms with Gasteiger partial charge >= 0.3 is 0 Å². The van der Waals surface area contributed by atoms with E-state index in [0.29, 0.717) is 0 Å². The number of halogens is 1. The minimum absolute atomic E-state index is 0.788. The molecule has 0 aliphatic carbocycles. The van der Waals surface area contributed by atoms with Crippen molar-refractivity contribution in [2.45, 2.75) is 6.92 Å². The lowest BCUT2D eigenvalue weighted by Gasteiger charge is -2.13. The van der Waals surface area contributed by atoms with Gasteiger partial charge in [-0.3, -0.25) is 0 Å². The first-order valence-corrected chi connectivity index (χ1v) is 7.53. The molecular formula is C17H15IN2. The number of hydrogen-bond acceptors (Lipinski definition) is 1. The van der Waals surface area contributed by atoms with Crippen molar-refractivity contribution in [3.05, 3.63) is 63.8 Å². The van der Waals surface area contributed by atoms with Crippen LogP contribution in [0.15, 0.2) is 57.7 Å². The molecule has 2 nitrogen and oxygen atoms in total. The Labute approximate surface area is 131 Å². The first-order chi connectivity index (χ1) is 9.59. The summed E-state index contributed by atoms with van der Waals surface area (Å²) in [4.78, 5) is 4.63. The van der Waals surface area contributed by atoms with Crippen LogP contribution in [0.2, 0.25) is 0 Å². The summed E-state index contributed by atoms with van der Waals surface area (Å²) in [6.07, 6.45) is 0. The molecule has 20 heavy (non-hydrogen) atoms. The van der Waals surface area contributed by atoms with Crippen molar-refractivity contribution < 1.29 is 0 Å². The number of pyridine rings is 1. The summed E-state index contributed by atoms with van der Waals surface area (Å²) >= 11 is 2.15. The van der Waals surface area contributed by atoms with Gasteiger partial charge in [0.1, 0.15) is 5.49 Å². The lowest BCUT2D eigenvalue weighted by atomic mass is 10.0. The van der Waals surface area contributed by atoms with Crippen LogP contribution < -0.4 is 5.49 Å². The predicted molar refractivity (Wildman–Crippen MR) is 93.9 cm³/mol. The third-order valence-corrected chi connectivity index (χ3v) is 3.83. The first-order valence-electron chi connectivity index (χ1n) is 6.46. The summed E-state index contributed by atoms with van der Waals surface area (Å²) in [5, 5.41) is 3.71. The zero-order valence-electron chi connectivity index (χ0n) is 11.5. The van der Waals surface area contributed by atoms with Crippen molar-refractivity contribution in [1.29, 1.82) is 0 Å². The molecule has 0 aliphatic rings. The number of rotatable bonds is 1. The fraction of sp³-hybridized carbons (Fsp3) is 0.118. The van der Waals surface area contributed by atoms with E-state index in [-0.39, 0.29) is 0 Å². The number of fused-ring (bicyclic) bond motifs is 3. The maximum Gasteiger partial charge on any atom is 0.141 e. The Morgan fingerprint density at radius 2 is 1.80 bits per heavy atom. The molecule has 3 aromatic rings. The van der Waals surface area contributed by atoms with E-state index in [0.717, 1.165) is 9.19 Å². The molecule has 0 fully saturated rings. The second-order valence-electron chi connectivity index (χ2n) is 4.89. The largest absolute Gasteiger partial charge is 0.328 e. The Morgan fingerprint density at radius 3 is 2.55 bits per heavy atom. The van der Waals surface area contributed by atoms with E-state index in [1.807, 2.05) is 0 Å². The van der Waals surface area contributed by atoms with Crippen molar-refractivity contribution in [2.75, 3.05) is 0 Å². The summed E-state index contributed by atoms with van der Waals surface area (Å²) in [6.45, 7) is 6.06. The highest BCUT2D eigenvalue weighted by Gasteiger charge is 2.08. The smallest absolute Gasteiger partial charge is 0.141 e. The van der Waals surface area contributed by atoms with Crippen molar-refractivity contribution in [3.8, 4) is 0 Å². The zero-order valence-corrected chi connectivity index (χ0v) is 13.7. The minimum Gasteiger partial charge on any atom is -0.328 e. The molecule has 0 bridgehead atoms. The van der Waals surface area contributed by atoms with E-state index < -0.39 is 0 Å². The number of hydrogen-bond donors (Lipinski definition) is 0. The van der Waals surface area contributed by atoms with Crippen molar-refractivity contribution >= 4 is 44.3 Å². The molecule has 0 atom stereocenters. The second kappa shape index (κ2) is 5.05. The van der Waals surface area contributed by atoms with Crippen molar-refractivity contribution in [3.63, 3.8) is 0 Å². The minimum atomic E-state index is 0.788. The van der Waals surface area contributed by atoms with Crippen LogP contribution in [0.25, 0.3) is 21.7 Å². The van der Waals surface area contributed by atoms with Gasteiger partial charge in [-0.25, -0.2) is 4.99 Å². The second-order valence-corrected chi connectivity index (χ2v) is 6.13. The van der Waals surface area contributed by atoms with Gasteiger partial charge in [-0.1, -0.05) is 43.0 Å². The Bertz CT molecular complexity index is 904. The monoisotopic (exact) mass is 374 g/mol. The molecule has 3 rings (SSSR count). The normalized spacial score (nSPS) is 12.2. The average Bonchev–Trinajstić information content (AvgIpc) is 2.43. The number of para-hydroxylation sites is 1. The van der Waals surface area contributed by atoms with Crippen LogP contribution in [0.4, 0.5) is 0 Å². The Kier molecular flexibility index (Phi) is 3.38. The molecule has 0 radical (unpaired) electrons. The zero-order chi connectivity index (χ0) is 14.3. The third-order valence-electron chi connectivity index (χ3n) is 3.59. The van der Waals surface area contributed by atoms with Crippen LogP contribution in [0.1, 0.15) is 5.56 Å². The van der Waals surface area contributed by atoms with Gasteiger partial charge in [0.15, 0.2) is 0 Å². The van der Waals surface area contributed by atoms with Crippen LogP contribution in [0.3, 0.4) is 0 Å². The maximum atomic E-state index is 4.63. The Balaban J connectivity index is 2.71. The molecule has 1 heterocycles. The van der Waals surface area contributed by atoms with Crippen LogP contribution in [-0.4, -0.2) is 4.57 Å². The molecule has 100 valence electrons. The Hall–Kier alpha value is -1.62. The van der Waals surface area contributed by atoms with E-state index in [2.05, 4.69) is 95.2 Å². The lowest BCUT2D eigenvalue weighted by Crippen LogP contribution is -2.19. The molecule has 2 aromatic carbocycles. The highest BCUT2D eigenvalue weighted by molar-refractivity contribution is 14.1. The molecule has 0 saturated carbocycles. The highest BCUT2D eigenvalue weighted by Crippen LogP contribution is 2.25. The predicted octanol–water partition coefficient (Wildman–Crippen LogP) is 4.45. The fourth-order valence-electron chi connectivity index (χ4n) is 2.73. The summed E-state index contributed by atoms with van der Waals surface area (Å²) in [6, 6.07) is 14.8. The van der Waals surface area contributed by atoms with Gasteiger partial charge in [0.25, 0.3) is 0 Å². The molecule has 3 heteroatoms. The molecular weight excluding hydrogens is 359 g/mol. The van der Waals surface area contributed by atoms with Gasteiger partial charge in [0.05, 0.1) is 3.70 Å². The molecule has 0 amide bonds. The van der Waals surface area contributed by atoms with E-state index in [9.17, 15) is 0 Å². The fourth-order valence-corrected chi connectivity index (χ4v) is 2.96. The topological polar surface area (TPSA) is 17.3 Å². The van der Waals surface area contributed by atoms with Crippen LogP contribution in [0.5, 0.6) is 0 Å². The van der Waals surface area contributed by atoms with Crippen LogP contribution in [-0.2, 0) is 7.05 Å². The van der Waals surface area contributed by atoms with E-state index in [4.69, 9.17) is 0 Å². The van der Waals surface area contributed by atoms with Gasteiger partial charge < -0.3 is 4.57 Å². The van der Waals surface area contributed by atoms with Gasteiger partial charge in [0.2, 0.25) is 0 Å². The van der Waals surface area contributed by atoms with Crippen LogP contribution >= 0.6 is 22.6 Å². The Morgan fingerprint density at radius 1 is 1.10 bits per heavy atom. The molecule has 0 spiro atoms.